The van der Waals surface area contributed by atoms with E-state index in [9.17, 15) is 9.18 Å². The van der Waals surface area contributed by atoms with Gasteiger partial charge in [0.15, 0.2) is 17.6 Å². The van der Waals surface area contributed by atoms with Gasteiger partial charge in [0, 0.05) is 19.0 Å². The van der Waals surface area contributed by atoms with E-state index in [0.29, 0.717) is 37.9 Å². The molecule has 2 aliphatic rings. The van der Waals surface area contributed by atoms with Gasteiger partial charge < -0.3 is 23.8 Å². The zero-order chi connectivity index (χ0) is 20.8. The molecule has 1 fully saturated rings. The second-order valence-electron chi connectivity index (χ2n) is 7.63. The molecule has 0 aromatic heterocycles. The lowest BCUT2D eigenvalue weighted by Crippen LogP contribution is -2.43. The number of ether oxygens (including phenoxy) is 4. The fourth-order valence-electron chi connectivity index (χ4n) is 3.69. The Balaban J connectivity index is 1.18. The van der Waals surface area contributed by atoms with Gasteiger partial charge in [0.25, 0.3) is 0 Å². The SMILES string of the molecule is O=C(COC[C@H]1COc2ccccc2O1)N1CCC[C@H](COc2ccc(F)cc2)C1. The smallest absolute Gasteiger partial charge is 0.248 e. The molecule has 160 valence electrons. The lowest BCUT2D eigenvalue weighted by molar-refractivity contribution is -0.139. The van der Waals surface area contributed by atoms with E-state index in [2.05, 4.69) is 0 Å². The molecular formula is C23H26FNO5. The first kappa shape index (κ1) is 20.5. The standard InChI is InChI=1S/C23H26FNO5/c24-18-7-9-19(10-8-18)28-13-17-4-3-11-25(12-17)23(26)16-27-14-20-15-29-21-5-1-2-6-22(21)30-20/h1-2,5-10,17,20H,3-4,11-16H2/t17-,20-/m0/s1. The summed E-state index contributed by atoms with van der Waals surface area (Å²) in [5.41, 5.74) is 0. The van der Waals surface area contributed by atoms with E-state index in [1.54, 1.807) is 12.1 Å². The number of carbonyl (C=O) groups is 1. The van der Waals surface area contributed by atoms with Gasteiger partial charge in [-0.05, 0) is 49.2 Å². The highest BCUT2D eigenvalue weighted by Crippen LogP contribution is 2.30. The number of benzene rings is 2. The van der Waals surface area contributed by atoms with Crippen LogP contribution in [-0.2, 0) is 9.53 Å². The number of carbonyl (C=O) groups excluding carboxylic acids is 1. The Morgan fingerprint density at radius 2 is 1.90 bits per heavy atom. The van der Waals surface area contributed by atoms with Gasteiger partial charge in [0.05, 0.1) is 13.2 Å². The van der Waals surface area contributed by atoms with E-state index in [0.717, 1.165) is 25.1 Å². The maximum atomic E-state index is 13.0. The molecule has 2 atom stereocenters. The first-order chi connectivity index (χ1) is 14.7. The van der Waals surface area contributed by atoms with E-state index >= 15 is 0 Å². The van der Waals surface area contributed by atoms with Crippen LogP contribution in [0.1, 0.15) is 12.8 Å². The Kier molecular flexibility index (Phi) is 6.69. The molecule has 2 aromatic carbocycles. The van der Waals surface area contributed by atoms with Crippen molar-refractivity contribution in [3.05, 3.63) is 54.3 Å². The summed E-state index contributed by atoms with van der Waals surface area (Å²) in [7, 11) is 0. The van der Waals surface area contributed by atoms with Gasteiger partial charge in [-0.3, -0.25) is 4.79 Å². The molecule has 2 heterocycles. The van der Waals surface area contributed by atoms with Crippen molar-refractivity contribution < 1.29 is 28.1 Å². The van der Waals surface area contributed by atoms with Crippen LogP contribution in [0, 0.1) is 11.7 Å². The summed E-state index contributed by atoms with van der Waals surface area (Å²) in [6.07, 6.45) is 1.70. The van der Waals surface area contributed by atoms with Crippen molar-refractivity contribution in [2.45, 2.75) is 18.9 Å². The molecule has 30 heavy (non-hydrogen) atoms. The van der Waals surface area contributed by atoms with Crippen LogP contribution < -0.4 is 14.2 Å². The van der Waals surface area contributed by atoms with Crippen molar-refractivity contribution >= 4 is 5.91 Å². The Morgan fingerprint density at radius 3 is 2.73 bits per heavy atom. The molecule has 0 spiro atoms. The summed E-state index contributed by atoms with van der Waals surface area (Å²) < 4.78 is 35.9. The predicted molar refractivity (Wildman–Crippen MR) is 108 cm³/mol. The highest BCUT2D eigenvalue weighted by Gasteiger charge is 2.25. The number of piperidine rings is 1. The molecule has 0 N–H and O–H groups in total. The summed E-state index contributed by atoms with van der Waals surface area (Å²) in [6, 6.07) is 13.5. The van der Waals surface area contributed by atoms with Crippen molar-refractivity contribution in [1.29, 1.82) is 0 Å². The molecule has 2 aliphatic heterocycles. The van der Waals surface area contributed by atoms with Crippen LogP contribution in [0.2, 0.25) is 0 Å². The van der Waals surface area contributed by atoms with Gasteiger partial charge in [-0.1, -0.05) is 12.1 Å². The van der Waals surface area contributed by atoms with Crippen molar-refractivity contribution in [2.24, 2.45) is 5.92 Å². The van der Waals surface area contributed by atoms with Crippen LogP contribution in [0.3, 0.4) is 0 Å². The average Bonchev–Trinajstić information content (AvgIpc) is 2.79. The number of halogens is 1. The summed E-state index contributed by atoms with van der Waals surface area (Å²) >= 11 is 0. The van der Waals surface area contributed by atoms with Gasteiger partial charge in [0.1, 0.15) is 24.8 Å². The summed E-state index contributed by atoms with van der Waals surface area (Å²) in [5, 5.41) is 0. The van der Waals surface area contributed by atoms with E-state index in [1.165, 1.54) is 12.1 Å². The number of para-hydroxylation sites is 2. The largest absolute Gasteiger partial charge is 0.493 e. The third kappa shape index (κ3) is 5.42. The van der Waals surface area contributed by atoms with Crippen LogP contribution in [-0.4, -0.2) is 56.4 Å². The van der Waals surface area contributed by atoms with Gasteiger partial charge in [-0.25, -0.2) is 4.39 Å². The van der Waals surface area contributed by atoms with Crippen LogP contribution in [0.15, 0.2) is 48.5 Å². The van der Waals surface area contributed by atoms with Crippen LogP contribution >= 0.6 is 0 Å². The predicted octanol–water partition coefficient (Wildman–Crippen LogP) is 3.30. The molecule has 1 saturated heterocycles. The minimum Gasteiger partial charge on any atom is -0.493 e. The maximum absolute atomic E-state index is 13.0. The lowest BCUT2D eigenvalue weighted by Gasteiger charge is -2.33. The minimum atomic E-state index is -0.286. The monoisotopic (exact) mass is 415 g/mol. The van der Waals surface area contributed by atoms with Crippen LogP contribution in [0.4, 0.5) is 4.39 Å². The summed E-state index contributed by atoms with van der Waals surface area (Å²) in [4.78, 5) is 14.4. The summed E-state index contributed by atoms with van der Waals surface area (Å²) in [6.45, 7) is 2.59. The van der Waals surface area contributed by atoms with Crippen molar-refractivity contribution in [2.75, 3.05) is 39.5 Å². The highest BCUT2D eigenvalue weighted by atomic mass is 19.1. The maximum Gasteiger partial charge on any atom is 0.248 e. The quantitative estimate of drug-likeness (QED) is 0.695. The first-order valence-corrected chi connectivity index (χ1v) is 10.3. The zero-order valence-electron chi connectivity index (χ0n) is 16.8. The van der Waals surface area contributed by atoms with Gasteiger partial charge in [0.2, 0.25) is 5.91 Å². The normalized spacial score (nSPS) is 20.6. The molecule has 0 saturated carbocycles. The van der Waals surface area contributed by atoms with Gasteiger partial charge >= 0.3 is 0 Å². The topological polar surface area (TPSA) is 57.2 Å². The molecular weight excluding hydrogens is 389 g/mol. The lowest BCUT2D eigenvalue weighted by atomic mass is 9.99. The van der Waals surface area contributed by atoms with E-state index in [4.69, 9.17) is 18.9 Å². The van der Waals surface area contributed by atoms with Crippen molar-refractivity contribution in [1.82, 2.24) is 4.90 Å². The Hall–Kier alpha value is -2.80. The third-order valence-corrected chi connectivity index (χ3v) is 5.27. The van der Waals surface area contributed by atoms with E-state index in [1.807, 2.05) is 29.2 Å². The molecule has 0 unspecified atom stereocenters. The number of likely N-dealkylation sites (tertiary alicyclic amines) is 1. The fourth-order valence-corrected chi connectivity index (χ4v) is 3.69. The molecule has 6 nitrogen and oxygen atoms in total. The fraction of sp³-hybridized carbons (Fsp3) is 0.435. The molecule has 0 aliphatic carbocycles. The van der Waals surface area contributed by atoms with Crippen molar-refractivity contribution in [3.63, 3.8) is 0 Å². The average molecular weight is 415 g/mol. The second-order valence-corrected chi connectivity index (χ2v) is 7.63. The number of fused-ring (bicyclic) bond motifs is 1. The molecule has 1 amide bonds. The summed E-state index contributed by atoms with van der Waals surface area (Å²) in [5.74, 6) is 2.00. The number of hydrogen-bond acceptors (Lipinski definition) is 5. The number of hydrogen-bond donors (Lipinski definition) is 0. The molecule has 7 heteroatoms. The number of nitrogens with zero attached hydrogens (tertiary/aromatic N) is 1. The highest BCUT2D eigenvalue weighted by molar-refractivity contribution is 5.77. The second kappa shape index (κ2) is 9.80. The van der Waals surface area contributed by atoms with Gasteiger partial charge in [-0.15, -0.1) is 0 Å². The molecule has 4 rings (SSSR count). The van der Waals surface area contributed by atoms with E-state index < -0.39 is 0 Å². The Labute approximate surface area is 175 Å². The van der Waals surface area contributed by atoms with Crippen LogP contribution in [0.25, 0.3) is 0 Å². The van der Waals surface area contributed by atoms with Crippen molar-refractivity contribution in [3.8, 4) is 17.2 Å². The van der Waals surface area contributed by atoms with Crippen LogP contribution in [0.5, 0.6) is 17.2 Å². The number of rotatable bonds is 7. The number of amides is 1. The van der Waals surface area contributed by atoms with E-state index in [-0.39, 0.29) is 30.4 Å². The minimum absolute atomic E-state index is 0.0209. The Bertz CT molecular complexity index is 844. The molecule has 2 aromatic rings. The first-order valence-electron chi connectivity index (χ1n) is 10.3. The zero-order valence-corrected chi connectivity index (χ0v) is 16.8. The Morgan fingerprint density at radius 1 is 1.10 bits per heavy atom. The molecule has 0 bridgehead atoms. The molecule has 0 radical (unpaired) electrons. The van der Waals surface area contributed by atoms with Gasteiger partial charge in [-0.2, -0.15) is 0 Å². The third-order valence-electron chi connectivity index (χ3n) is 5.27.